The number of esters is 1. The summed E-state index contributed by atoms with van der Waals surface area (Å²) in [5.74, 6) is 1.27. The molecule has 0 aliphatic rings. The molecule has 1 atom stereocenters. The molecule has 1 aromatic heterocycles. The fraction of sp³-hybridized carbons (Fsp3) is 0.346. The lowest BCUT2D eigenvalue weighted by Crippen LogP contribution is -2.18. The van der Waals surface area contributed by atoms with Crippen molar-refractivity contribution < 1.29 is 14.3 Å². The Morgan fingerprint density at radius 2 is 1.50 bits per heavy atom. The molecule has 1 unspecified atom stereocenters. The highest BCUT2D eigenvalue weighted by Gasteiger charge is 2.27. The largest absolute Gasteiger partial charge is 0.497 e. The second kappa shape index (κ2) is 13.3. The molecule has 0 saturated carbocycles. The summed E-state index contributed by atoms with van der Waals surface area (Å²) in [6, 6.07) is 15.0. The van der Waals surface area contributed by atoms with Crippen LogP contribution in [0.15, 0.2) is 48.5 Å². The van der Waals surface area contributed by atoms with E-state index < -0.39 is 0 Å². The number of thioether (sulfide) groups is 2. The number of rotatable bonds is 12. The number of aryl methyl sites for hydroxylation is 1. The van der Waals surface area contributed by atoms with Gasteiger partial charge in [0.25, 0.3) is 0 Å². The van der Waals surface area contributed by atoms with Crippen molar-refractivity contribution in [3.8, 4) is 5.75 Å². The molecule has 8 nitrogen and oxygen atoms in total. The highest BCUT2D eigenvalue weighted by Crippen LogP contribution is 2.41. The minimum absolute atomic E-state index is 0.0833. The fourth-order valence-corrected chi connectivity index (χ4v) is 6.00. The maximum Gasteiger partial charge on any atom is 0.338 e. The number of nitrogen functional groups attached to an aromatic ring is 3. The fourth-order valence-electron chi connectivity index (χ4n) is 4.03. The summed E-state index contributed by atoms with van der Waals surface area (Å²) >= 11 is 3.52. The monoisotopic (exact) mass is 527 g/mol. The molecular formula is C26H33N5O3S2. The van der Waals surface area contributed by atoms with Crippen molar-refractivity contribution in [2.45, 2.75) is 36.4 Å². The van der Waals surface area contributed by atoms with Crippen LogP contribution in [0.3, 0.4) is 0 Å². The number of hydrogen-bond acceptors (Lipinski definition) is 10. The van der Waals surface area contributed by atoms with Gasteiger partial charge in [0.05, 0.1) is 17.3 Å². The van der Waals surface area contributed by atoms with Crippen LogP contribution in [0, 0.1) is 0 Å². The zero-order chi connectivity index (χ0) is 26.1. The Balaban J connectivity index is 1.58. The van der Waals surface area contributed by atoms with Gasteiger partial charge in [-0.25, -0.2) is 4.79 Å². The maximum absolute atomic E-state index is 12.4. The van der Waals surface area contributed by atoms with Gasteiger partial charge >= 0.3 is 5.97 Å². The normalized spacial score (nSPS) is 11.9. The first-order chi connectivity index (χ1) is 17.4. The minimum Gasteiger partial charge on any atom is -0.497 e. The maximum atomic E-state index is 12.4. The number of carbonyl (C=O) groups is 1. The summed E-state index contributed by atoms with van der Waals surface area (Å²) < 4.78 is 10.8. The van der Waals surface area contributed by atoms with Crippen LogP contribution < -0.4 is 21.9 Å². The van der Waals surface area contributed by atoms with Crippen molar-refractivity contribution in [2.24, 2.45) is 0 Å². The van der Waals surface area contributed by atoms with E-state index in [2.05, 4.69) is 22.5 Å². The van der Waals surface area contributed by atoms with Crippen molar-refractivity contribution in [2.75, 3.05) is 36.8 Å². The number of benzene rings is 2. The molecule has 0 radical (unpaired) electrons. The van der Waals surface area contributed by atoms with Crippen molar-refractivity contribution in [1.82, 2.24) is 9.97 Å². The molecule has 3 rings (SSSR count). The van der Waals surface area contributed by atoms with Gasteiger partial charge in [0.15, 0.2) is 0 Å². The standard InChI is InChI=1S/C26H33N5O3S2/c1-33-19-13-9-17(10-14-19)15-34-24(32)18-11-7-16(8-12-18)5-4-6-20(25(35-2)36-3)21-22(27)30-26(29)31-23(21)28/h7-14,20,25H,4-6,15H2,1-3H3,(H6,27,28,29,30,31). The lowest BCUT2D eigenvalue weighted by molar-refractivity contribution is 0.0472. The van der Waals surface area contributed by atoms with Gasteiger partial charge in [-0.15, -0.1) is 0 Å². The summed E-state index contributed by atoms with van der Waals surface area (Å²) in [6.45, 7) is 0.207. The van der Waals surface area contributed by atoms with Gasteiger partial charge in [0, 0.05) is 11.5 Å². The first-order valence-corrected chi connectivity index (χ1v) is 14.1. The number of carbonyl (C=O) groups excluding carboxylic acids is 1. The zero-order valence-corrected chi connectivity index (χ0v) is 22.4. The minimum atomic E-state index is -0.352. The Kier molecular flexibility index (Phi) is 10.1. The highest BCUT2D eigenvalue weighted by atomic mass is 32.2. The second-order valence-corrected chi connectivity index (χ2v) is 10.5. The molecule has 36 heavy (non-hydrogen) atoms. The number of ether oxygens (including phenoxy) is 2. The van der Waals surface area contributed by atoms with Crippen molar-refractivity contribution in [1.29, 1.82) is 0 Å². The molecule has 192 valence electrons. The Bertz CT molecular complexity index is 1120. The molecular weight excluding hydrogens is 494 g/mol. The lowest BCUT2D eigenvalue weighted by Gasteiger charge is -2.26. The molecule has 0 spiro atoms. The van der Waals surface area contributed by atoms with Crippen LogP contribution in [0.5, 0.6) is 5.75 Å². The molecule has 1 heterocycles. The van der Waals surface area contributed by atoms with E-state index in [-0.39, 0.29) is 29.0 Å². The summed E-state index contributed by atoms with van der Waals surface area (Å²) in [7, 11) is 1.61. The van der Waals surface area contributed by atoms with E-state index in [1.807, 2.05) is 36.4 Å². The van der Waals surface area contributed by atoms with Crippen molar-refractivity contribution in [3.05, 3.63) is 70.8 Å². The van der Waals surface area contributed by atoms with Crippen LogP contribution in [0.1, 0.15) is 45.8 Å². The quantitative estimate of drug-likeness (QED) is 0.223. The van der Waals surface area contributed by atoms with E-state index in [0.717, 1.165) is 41.7 Å². The molecule has 10 heteroatoms. The number of anilines is 3. The molecule has 0 bridgehead atoms. The van der Waals surface area contributed by atoms with Gasteiger partial charge in [-0.05, 0) is 67.2 Å². The van der Waals surface area contributed by atoms with Gasteiger partial charge in [-0.2, -0.15) is 33.5 Å². The van der Waals surface area contributed by atoms with Crippen LogP contribution >= 0.6 is 23.5 Å². The van der Waals surface area contributed by atoms with Gasteiger partial charge in [0.2, 0.25) is 5.95 Å². The number of nitrogens with zero attached hydrogens (tertiary/aromatic N) is 2. The first kappa shape index (κ1) is 27.5. The number of nitrogens with two attached hydrogens (primary N) is 3. The lowest BCUT2D eigenvalue weighted by atomic mass is 9.94. The van der Waals surface area contributed by atoms with Crippen LogP contribution in [0.4, 0.5) is 17.6 Å². The van der Waals surface area contributed by atoms with Gasteiger partial charge in [-0.1, -0.05) is 24.3 Å². The van der Waals surface area contributed by atoms with E-state index >= 15 is 0 Å². The number of aromatic nitrogens is 2. The predicted octanol–water partition coefficient (Wildman–Crippen LogP) is 4.75. The highest BCUT2D eigenvalue weighted by molar-refractivity contribution is 8.16. The average molecular weight is 528 g/mol. The van der Waals surface area contributed by atoms with Crippen molar-refractivity contribution in [3.63, 3.8) is 0 Å². The van der Waals surface area contributed by atoms with E-state index in [1.54, 1.807) is 42.8 Å². The van der Waals surface area contributed by atoms with Crippen molar-refractivity contribution >= 4 is 47.1 Å². The van der Waals surface area contributed by atoms with Crippen LogP contribution in [0.25, 0.3) is 0 Å². The van der Waals surface area contributed by atoms with Crippen LogP contribution in [0.2, 0.25) is 0 Å². The number of hydrogen-bond donors (Lipinski definition) is 3. The predicted molar refractivity (Wildman–Crippen MR) is 150 cm³/mol. The molecule has 3 aromatic rings. The molecule has 0 aliphatic heterocycles. The molecule has 0 aliphatic carbocycles. The average Bonchev–Trinajstić information content (AvgIpc) is 2.87. The smallest absolute Gasteiger partial charge is 0.338 e. The van der Waals surface area contributed by atoms with E-state index in [4.69, 9.17) is 26.7 Å². The topological polar surface area (TPSA) is 139 Å². The van der Waals surface area contributed by atoms with Crippen LogP contribution in [-0.2, 0) is 17.8 Å². The van der Waals surface area contributed by atoms with E-state index in [1.165, 1.54) is 0 Å². The Morgan fingerprint density at radius 1 is 0.917 bits per heavy atom. The van der Waals surface area contributed by atoms with Crippen LogP contribution in [-0.4, -0.2) is 40.1 Å². The molecule has 2 aromatic carbocycles. The summed E-state index contributed by atoms with van der Waals surface area (Å²) in [5.41, 5.74) is 21.4. The summed E-state index contributed by atoms with van der Waals surface area (Å²) in [6.07, 6.45) is 6.77. The third-order valence-corrected chi connectivity index (χ3v) is 8.63. The van der Waals surface area contributed by atoms with E-state index in [9.17, 15) is 4.79 Å². The Labute approximate surface area is 220 Å². The Morgan fingerprint density at radius 3 is 2.06 bits per heavy atom. The first-order valence-electron chi connectivity index (χ1n) is 11.5. The molecule has 0 saturated heterocycles. The summed E-state index contributed by atoms with van der Waals surface area (Å²) in [5, 5.41) is 0. The third kappa shape index (κ3) is 7.20. The van der Waals surface area contributed by atoms with Gasteiger partial charge < -0.3 is 26.7 Å². The summed E-state index contributed by atoms with van der Waals surface area (Å²) in [4.78, 5) is 20.7. The third-order valence-electron chi connectivity index (χ3n) is 5.89. The SMILES string of the molecule is COc1ccc(COC(=O)c2ccc(CCCC(c3c(N)nc(N)nc3N)C(SC)SC)cc2)cc1. The second-order valence-electron chi connectivity index (χ2n) is 8.23. The van der Waals surface area contributed by atoms with Gasteiger partial charge in [0.1, 0.15) is 24.0 Å². The zero-order valence-electron chi connectivity index (χ0n) is 20.8. The van der Waals surface area contributed by atoms with E-state index in [0.29, 0.717) is 17.2 Å². The molecule has 0 fully saturated rings. The molecule has 0 amide bonds. The van der Waals surface area contributed by atoms with Gasteiger partial charge in [-0.3, -0.25) is 0 Å². The Hall–Kier alpha value is -3.11. The molecule has 6 N–H and O–H groups in total. The number of methoxy groups -OCH3 is 1.